The van der Waals surface area contributed by atoms with Gasteiger partial charge in [-0.1, -0.05) is 0 Å². The van der Waals surface area contributed by atoms with Crippen molar-refractivity contribution < 1.29 is 14.2 Å². The molecule has 1 aliphatic carbocycles. The summed E-state index contributed by atoms with van der Waals surface area (Å²) in [6.45, 7) is 3.46. The van der Waals surface area contributed by atoms with E-state index in [1.54, 1.807) is 13.3 Å². The molecule has 22 heavy (non-hydrogen) atoms. The first-order chi connectivity index (χ1) is 10.7. The Morgan fingerprint density at radius 1 is 1.32 bits per heavy atom. The van der Waals surface area contributed by atoms with E-state index in [-0.39, 0.29) is 0 Å². The molecule has 0 atom stereocenters. The van der Waals surface area contributed by atoms with Gasteiger partial charge in [-0.25, -0.2) is 9.67 Å². The Bertz CT molecular complexity index is 705. The molecule has 116 valence electrons. The number of ether oxygens (including phenoxy) is 3. The maximum atomic E-state index is 5.86. The molecule has 0 N–H and O–H groups in total. The van der Waals surface area contributed by atoms with Crippen molar-refractivity contribution in [2.45, 2.75) is 32.0 Å². The highest BCUT2D eigenvalue weighted by atomic mass is 16.7. The Labute approximate surface area is 129 Å². The fourth-order valence-corrected chi connectivity index (χ4v) is 3.33. The Morgan fingerprint density at radius 3 is 2.91 bits per heavy atom. The Balaban J connectivity index is 1.73. The summed E-state index contributed by atoms with van der Waals surface area (Å²) < 4.78 is 18.9. The van der Waals surface area contributed by atoms with Gasteiger partial charge in [-0.2, -0.15) is 5.10 Å². The third kappa shape index (κ3) is 2.10. The van der Waals surface area contributed by atoms with E-state index in [1.807, 2.05) is 16.8 Å². The molecule has 6 heteroatoms. The fourth-order valence-electron chi connectivity index (χ4n) is 3.33. The maximum Gasteiger partial charge on any atom is 0.215 e. The van der Waals surface area contributed by atoms with Gasteiger partial charge >= 0.3 is 0 Å². The lowest BCUT2D eigenvalue weighted by Crippen LogP contribution is -2.36. The number of methoxy groups -OCH3 is 1. The Kier molecular flexibility index (Phi) is 3.16. The summed E-state index contributed by atoms with van der Waals surface area (Å²) in [5, 5.41) is 4.77. The number of hydrogen-bond donors (Lipinski definition) is 0. The summed E-state index contributed by atoms with van der Waals surface area (Å²) in [5.74, 6) is 0.158. The number of fused-ring (bicyclic) bond motifs is 1. The van der Waals surface area contributed by atoms with Gasteiger partial charge < -0.3 is 14.2 Å². The van der Waals surface area contributed by atoms with Crippen LogP contribution in [0.1, 0.15) is 23.4 Å². The molecule has 0 unspecified atom stereocenters. The SMILES string of the molecule is COc1cc(-n2nc3c(c2C)CC2(CC3)OCCO2)ccn1. The molecule has 1 saturated heterocycles. The summed E-state index contributed by atoms with van der Waals surface area (Å²) in [6.07, 6.45) is 4.26. The van der Waals surface area contributed by atoms with E-state index in [1.165, 1.54) is 5.56 Å². The van der Waals surface area contributed by atoms with Crippen molar-refractivity contribution in [2.75, 3.05) is 20.3 Å². The summed E-state index contributed by atoms with van der Waals surface area (Å²) in [6, 6.07) is 3.83. The molecule has 6 nitrogen and oxygen atoms in total. The fraction of sp³-hybridized carbons (Fsp3) is 0.500. The van der Waals surface area contributed by atoms with Crippen LogP contribution in [0.3, 0.4) is 0 Å². The second kappa shape index (κ2) is 5.07. The van der Waals surface area contributed by atoms with Gasteiger partial charge in [0.05, 0.1) is 31.7 Å². The van der Waals surface area contributed by atoms with E-state index in [0.717, 1.165) is 36.3 Å². The molecule has 0 amide bonds. The molecule has 0 saturated carbocycles. The molecular weight excluding hydrogens is 282 g/mol. The second-order valence-electron chi connectivity index (χ2n) is 5.76. The first kappa shape index (κ1) is 13.7. The zero-order valence-corrected chi connectivity index (χ0v) is 12.8. The summed E-state index contributed by atoms with van der Waals surface area (Å²) >= 11 is 0. The molecule has 0 radical (unpaired) electrons. The molecule has 1 aliphatic heterocycles. The third-order valence-corrected chi connectivity index (χ3v) is 4.50. The van der Waals surface area contributed by atoms with Crippen molar-refractivity contribution in [1.82, 2.24) is 14.8 Å². The second-order valence-corrected chi connectivity index (χ2v) is 5.76. The molecule has 2 aliphatic rings. The van der Waals surface area contributed by atoms with Crippen LogP contribution >= 0.6 is 0 Å². The van der Waals surface area contributed by atoms with Crippen molar-refractivity contribution in [3.05, 3.63) is 35.3 Å². The molecule has 2 aromatic heterocycles. The van der Waals surface area contributed by atoms with Crippen LogP contribution in [0, 0.1) is 6.92 Å². The van der Waals surface area contributed by atoms with Gasteiger partial charge in [0.25, 0.3) is 0 Å². The molecule has 1 spiro atoms. The number of aryl methyl sites for hydroxylation is 1. The Hall–Kier alpha value is -1.92. The van der Waals surface area contributed by atoms with E-state index in [2.05, 4.69) is 11.9 Å². The van der Waals surface area contributed by atoms with Gasteiger partial charge in [0.1, 0.15) is 0 Å². The van der Waals surface area contributed by atoms with Gasteiger partial charge in [-0.05, 0) is 19.4 Å². The van der Waals surface area contributed by atoms with Crippen LogP contribution in [0.5, 0.6) is 5.88 Å². The lowest BCUT2D eigenvalue weighted by molar-refractivity contribution is -0.164. The highest BCUT2D eigenvalue weighted by Crippen LogP contribution is 2.36. The molecule has 3 heterocycles. The van der Waals surface area contributed by atoms with Gasteiger partial charge in [0, 0.05) is 36.4 Å². The summed E-state index contributed by atoms with van der Waals surface area (Å²) in [7, 11) is 1.62. The number of rotatable bonds is 2. The number of nitrogens with zero attached hydrogens (tertiary/aromatic N) is 3. The largest absolute Gasteiger partial charge is 0.481 e. The highest BCUT2D eigenvalue weighted by Gasteiger charge is 2.41. The van der Waals surface area contributed by atoms with Crippen molar-refractivity contribution in [2.24, 2.45) is 0 Å². The number of pyridine rings is 1. The number of aromatic nitrogens is 3. The van der Waals surface area contributed by atoms with Crippen molar-refractivity contribution >= 4 is 0 Å². The molecule has 0 aromatic carbocycles. The van der Waals surface area contributed by atoms with E-state index in [0.29, 0.717) is 19.1 Å². The maximum absolute atomic E-state index is 5.86. The van der Waals surface area contributed by atoms with Crippen molar-refractivity contribution in [3.63, 3.8) is 0 Å². The normalized spacial score (nSPS) is 19.4. The minimum absolute atomic E-state index is 0.429. The van der Waals surface area contributed by atoms with Crippen LogP contribution in [0.2, 0.25) is 0 Å². The van der Waals surface area contributed by atoms with Gasteiger partial charge in [-0.15, -0.1) is 0 Å². The first-order valence-corrected chi connectivity index (χ1v) is 7.56. The number of hydrogen-bond acceptors (Lipinski definition) is 5. The van der Waals surface area contributed by atoms with Crippen LogP contribution in [0.25, 0.3) is 5.69 Å². The molecule has 0 bridgehead atoms. The van der Waals surface area contributed by atoms with Gasteiger partial charge in [-0.3, -0.25) is 0 Å². The predicted octanol–water partition coefficient (Wildman–Crippen LogP) is 1.82. The minimum atomic E-state index is -0.429. The van der Waals surface area contributed by atoms with E-state index in [4.69, 9.17) is 19.3 Å². The summed E-state index contributed by atoms with van der Waals surface area (Å²) in [4.78, 5) is 4.15. The quantitative estimate of drug-likeness (QED) is 0.847. The van der Waals surface area contributed by atoms with Crippen LogP contribution in [-0.4, -0.2) is 40.9 Å². The Morgan fingerprint density at radius 2 is 2.14 bits per heavy atom. The van der Waals surface area contributed by atoms with Crippen LogP contribution in [-0.2, 0) is 22.3 Å². The van der Waals surface area contributed by atoms with Crippen molar-refractivity contribution in [1.29, 1.82) is 0 Å². The average Bonchev–Trinajstić information content (AvgIpc) is 3.13. The van der Waals surface area contributed by atoms with E-state index < -0.39 is 5.79 Å². The van der Waals surface area contributed by atoms with Crippen LogP contribution in [0.15, 0.2) is 18.3 Å². The zero-order chi connectivity index (χ0) is 15.2. The molecule has 1 fully saturated rings. The lowest BCUT2D eigenvalue weighted by Gasteiger charge is -2.30. The van der Waals surface area contributed by atoms with E-state index in [9.17, 15) is 0 Å². The van der Waals surface area contributed by atoms with Crippen molar-refractivity contribution in [3.8, 4) is 11.6 Å². The van der Waals surface area contributed by atoms with E-state index >= 15 is 0 Å². The molecular formula is C16H19N3O3. The first-order valence-electron chi connectivity index (χ1n) is 7.56. The highest BCUT2D eigenvalue weighted by molar-refractivity contribution is 5.40. The van der Waals surface area contributed by atoms with Gasteiger partial charge in [0.2, 0.25) is 5.88 Å². The van der Waals surface area contributed by atoms with Crippen LogP contribution < -0.4 is 4.74 Å². The molecule has 4 rings (SSSR count). The lowest BCUT2D eigenvalue weighted by atomic mass is 9.90. The van der Waals surface area contributed by atoms with Gasteiger partial charge in [0.15, 0.2) is 5.79 Å². The summed E-state index contributed by atoms with van der Waals surface area (Å²) in [5.41, 5.74) is 4.46. The van der Waals surface area contributed by atoms with Crippen LogP contribution in [0.4, 0.5) is 0 Å². The zero-order valence-electron chi connectivity index (χ0n) is 12.8. The monoisotopic (exact) mass is 301 g/mol. The average molecular weight is 301 g/mol. The minimum Gasteiger partial charge on any atom is -0.481 e. The topological polar surface area (TPSA) is 58.4 Å². The smallest absolute Gasteiger partial charge is 0.215 e. The third-order valence-electron chi connectivity index (χ3n) is 4.50. The predicted molar refractivity (Wildman–Crippen MR) is 79.3 cm³/mol. The molecule has 2 aromatic rings. The standard InChI is InChI=1S/C16H19N3O3/c1-11-13-10-16(21-7-8-22-16)5-3-14(13)18-19(11)12-4-6-17-15(9-12)20-2/h4,6,9H,3,5,7-8,10H2,1-2H3.